The lowest BCUT2D eigenvalue weighted by Crippen LogP contribution is -2.41. The van der Waals surface area contributed by atoms with Crippen LogP contribution in [0.4, 0.5) is 5.82 Å². The first-order valence-corrected chi connectivity index (χ1v) is 12.0. The summed E-state index contributed by atoms with van der Waals surface area (Å²) in [4.78, 5) is 26.4. The molecule has 8 nitrogen and oxygen atoms in total. The van der Waals surface area contributed by atoms with Crippen LogP contribution in [0.2, 0.25) is 0 Å². The SMILES string of the molecule is CCCCCCc1cc(NC(CC(C)C)C(=O)NCCCOCC)nc(-n2ccnc2)n1. The number of rotatable bonds is 16. The van der Waals surface area contributed by atoms with Crippen LogP contribution in [0.5, 0.6) is 0 Å². The van der Waals surface area contributed by atoms with Gasteiger partial charge in [0.2, 0.25) is 11.9 Å². The van der Waals surface area contributed by atoms with Gasteiger partial charge in [-0.1, -0.05) is 40.0 Å². The first kappa shape index (κ1) is 25.8. The molecular weight excluding hydrogens is 404 g/mol. The molecular formula is C24H40N6O2. The van der Waals surface area contributed by atoms with Gasteiger partial charge >= 0.3 is 0 Å². The molecule has 2 rings (SSSR count). The average molecular weight is 445 g/mol. The third-order valence-electron chi connectivity index (χ3n) is 5.10. The fourth-order valence-corrected chi connectivity index (χ4v) is 3.45. The van der Waals surface area contributed by atoms with E-state index in [0.717, 1.165) is 25.0 Å². The summed E-state index contributed by atoms with van der Waals surface area (Å²) in [5.74, 6) is 1.59. The van der Waals surface area contributed by atoms with Gasteiger partial charge in [-0.3, -0.25) is 9.36 Å². The molecule has 0 aromatic carbocycles. The van der Waals surface area contributed by atoms with E-state index in [0.29, 0.717) is 43.9 Å². The molecule has 1 atom stereocenters. The summed E-state index contributed by atoms with van der Waals surface area (Å²) < 4.78 is 7.15. The van der Waals surface area contributed by atoms with Crippen LogP contribution in [0.25, 0.3) is 5.95 Å². The highest BCUT2D eigenvalue weighted by molar-refractivity contribution is 5.84. The minimum absolute atomic E-state index is 0.0116. The predicted molar refractivity (Wildman–Crippen MR) is 128 cm³/mol. The number of ether oxygens (including phenoxy) is 1. The van der Waals surface area contributed by atoms with Gasteiger partial charge in [-0.05, 0) is 38.5 Å². The van der Waals surface area contributed by atoms with Gasteiger partial charge in [0.1, 0.15) is 18.2 Å². The molecule has 2 heterocycles. The fourth-order valence-electron chi connectivity index (χ4n) is 3.45. The Hall–Kier alpha value is -2.48. The number of nitrogens with one attached hydrogen (secondary N) is 2. The van der Waals surface area contributed by atoms with Crippen molar-refractivity contribution in [1.82, 2.24) is 24.8 Å². The highest BCUT2D eigenvalue weighted by atomic mass is 16.5. The first-order chi connectivity index (χ1) is 15.5. The second kappa shape index (κ2) is 14.6. The number of hydrogen-bond acceptors (Lipinski definition) is 6. The Bertz CT molecular complexity index is 779. The Morgan fingerprint density at radius 2 is 2.00 bits per heavy atom. The number of imidazole rings is 1. The molecule has 0 aliphatic heterocycles. The fraction of sp³-hybridized carbons (Fsp3) is 0.667. The number of amides is 1. The Morgan fingerprint density at radius 3 is 2.69 bits per heavy atom. The second-order valence-electron chi connectivity index (χ2n) is 8.49. The number of unbranched alkanes of at least 4 members (excludes halogenated alkanes) is 3. The van der Waals surface area contributed by atoms with E-state index in [1.54, 1.807) is 17.1 Å². The van der Waals surface area contributed by atoms with E-state index in [9.17, 15) is 4.79 Å². The molecule has 178 valence electrons. The van der Waals surface area contributed by atoms with Crippen molar-refractivity contribution in [3.8, 4) is 5.95 Å². The highest BCUT2D eigenvalue weighted by Gasteiger charge is 2.21. The minimum Gasteiger partial charge on any atom is -0.382 e. The zero-order valence-electron chi connectivity index (χ0n) is 20.1. The van der Waals surface area contributed by atoms with Crippen molar-refractivity contribution in [2.75, 3.05) is 25.1 Å². The summed E-state index contributed by atoms with van der Waals surface area (Å²) in [6.07, 6.45) is 12.3. The van der Waals surface area contributed by atoms with Gasteiger partial charge in [0.15, 0.2) is 0 Å². The summed E-state index contributed by atoms with van der Waals surface area (Å²) >= 11 is 0. The number of aryl methyl sites for hydroxylation is 1. The zero-order chi connectivity index (χ0) is 23.2. The number of hydrogen-bond donors (Lipinski definition) is 2. The average Bonchev–Trinajstić information content (AvgIpc) is 3.31. The van der Waals surface area contributed by atoms with Crippen molar-refractivity contribution in [3.63, 3.8) is 0 Å². The topological polar surface area (TPSA) is 94.0 Å². The number of aromatic nitrogens is 4. The van der Waals surface area contributed by atoms with Gasteiger partial charge in [0, 0.05) is 43.9 Å². The maximum Gasteiger partial charge on any atom is 0.242 e. The molecule has 2 aromatic heterocycles. The van der Waals surface area contributed by atoms with Gasteiger partial charge < -0.3 is 15.4 Å². The van der Waals surface area contributed by atoms with Crippen molar-refractivity contribution in [2.24, 2.45) is 5.92 Å². The number of carbonyl (C=O) groups excluding carboxylic acids is 1. The maximum atomic E-state index is 12.9. The van der Waals surface area contributed by atoms with Crippen LogP contribution in [0.3, 0.4) is 0 Å². The van der Waals surface area contributed by atoms with E-state index in [1.807, 2.05) is 19.2 Å². The molecule has 0 saturated carbocycles. The highest BCUT2D eigenvalue weighted by Crippen LogP contribution is 2.17. The van der Waals surface area contributed by atoms with Crippen LogP contribution >= 0.6 is 0 Å². The molecule has 1 unspecified atom stereocenters. The van der Waals surface area contributed by atoms with Crippen LogP contribution in [0.15, 0.2) is 24.8 Å². The summed E-state index contributed by atoms with van der Waals surface area (Å²) in [6, 6.07) is 1.61. The lowest BCUT2D eigenvalue weighted by molar-refractivity contribution is -0.122. The van der Waals surface area contributed by atoms with E-state index in [-0.39, 0.29) is 11.9 Å². The molecule has 0 bridgehead atoms. The van der Waals surface area contributed by atoms with Crippen LogP contribution in [0, 0.1) is 5.92 Å². The molecule has 2 aromatic rings. The number of anilines is 1. The summed E-state index contributed by atoms with van der Waals surface area (Å²) in [5.41, 5.74) is 0.975. The second-order valence-corrected chi connectivity index (χ2v) is 8.49. The molecule has 0 saturated heterocycles. The summed E-state index contributed by atoms with van der Waals surface area (Å²) in [7, 11) is 0. The quantitative estimate of drug-likeness (QED) is 0.378. The molecule has 0 spiro atoms. The Labute approximate surface area is 192 Å². The third kappa shape index (κ3) is 9.34. The van der Waals surface area contributed by atoms with E-state index < -0.39 is 0 Å². The molecule has 32 heavy (non-hydrogen) atoms. The standard InChI is InChI=1S/C24H40N6O2/c1-5-7-8-9-11-20-17-22(29-24(27-20)30-14-13-25-18-30)28-21(16-19(3)4)23(31)26-12-10-15-32-6-2/h13-14,17-19,21H,5-12,15-16H2,1-4H3,(H,26,31)(H,27,28,29). The minimum atomic E-state index is -0.361. The largest absolute Gasteiger partial charge is 0.382 e. The Kier molecular flexibility index (Phi) is 11.7. The van der Waals surface area contributed by atoms with Crippen molar-refractivity contribution < 1.29 is 9.53 Å². The maximum absolute atomic E-state index is 12.9. The van der Waals surface area contributed by atoms with Crippen LogP contribution < -0.4 is 10.6 Å². The normalized spacial score (nSPS) is 12.2. The lowest BCUT2D eigenvalue weighted by atomic mass is 10.0. The molecule has 0 radical (unpaired) electrons. The van der Waals surface area contributed by atoms with E-state index >= 15 is 0 Å². The van der Waals surface area contributed by atoms with Gasteiger partial charge in [-0.15, -0.1) is 0 Å². The van der Waals surface area contributed by atoms with Crippen molar-refractivity contribution in [3.05, 3.63) is 30.5 Å². The summed E-state index contributed by atoms with van der Waals surface area (Å²) in [5, 5.41) is 6.41. The molecule has 0 aliphatic carbocycles. The van der Waals surface area contributed by atoms with Gasteiger partial charge in [-0.25, -0.2) is 9.97 Å². The van der Waals surface area contributed by atoms with Crippen LogP contribution in [0.1, 0.15) is 71.9 Å². The number of nitrogens with zero attached hydrogens (tertiary/aromatic N) is 4. The Morgan fingerprint density at radius 1 is 1.16 bits per heavy atom. The van der Waals surface area contributed by atoms with Gasteiger partial charge in [0.25, 0.3) is 0 Å². The van der Waals surface area contributed by atoms with Crippen molar-refractivity contribution in [2.45, 2.75) is 78.7 Å². The number of carbonyl (C=O) groups is 1. The van der Waals surface area contributed by atoms with Crippen molar-refractivity contribution >= 4 is 11.7 Å². The molecule has 2 N–H and O–H groups in total. The first-order valence-electron chi connectivity index (χ1n) is 12.0. The van der Waals surface area contributed by atoms with E-state index in [1.165, 1.54) is 19.3 Å². The van der Waals surface area contributed by atoms with Crippen molar-refractivity contribution in [1.29, 1.82) is 0 Å². The third-order valence-corrected chi connectivity index (χ3v) is 5.10. The predicted octanol–water partition coefficient (Wildman–Crippen LogP) is 4.15. The molecule has 0 fully saturated rings. The monoisotopic (exact) mass is 444 g/mol. The van der Waals surface area contributed by atoms with Gasteiger partial charge in [0.05, 0.1) is 0 Å². The van der Waals surface area contributed by atoms with E-state index in [4.69, 9.17) is 9.72 Å². The smallest absolute Gasteiger partial charge is 0.242 e. The zero-order valence-corrected chi connectivity index (χ0v) is 20.1. The Balaban J connectivity index is 2.13. The molecule has 1 amide bonds. The molecule has 8 heteroatoms. The summed E-state index contributed by atoms with van der Waals surface area (Å²) in [6.45, 7) is 10.4. The molecule has 0 aliphatic rings. The van der Waals surface area contributed by atoms with Gasteiger partial charge in [-0.2, -0.15) is 4.98 Å². The van der Waals surface area contributed by atoms with Crippen LogP contribution in [-0.2, 0) is 16.0 Å². The van der Waals surface area contributed by atoms with Crippen LogP contribution in [-0.4, -0.2) is 51.2 Å². The lowest BCUT2D eigenvalue weighted by Gasteiger charge is -2.21. The van der Waals surface area contributed by atoms with E-state index in [2.05, 4.69) is 41.4 Å².